The smallest absolute Gasteiger partial charge is 0.362 e. The summed E-state index contributed by atoms with van der Waals surface area (Å²) >= 11 is 0. The first kappa shape index (κ1) is 22.4. The molecule has 4 rings (SSSR count). The molecule has 1 aromatic carbocycles. The van der Waals surface area contributed by atoms with Gasteiger partial charge in [-0.2, -0.15) is 0 Å². The molecule has 0 fully saturated rings. The molecule has 1 atom stereocenters. The van der Waals surface area contributed by atoms with E-state index in [2.05, 4.69) is 10.3 Å². The Kier molecular flexibility index (Phi) is 6.39. The molecule has 0 spiro atoms. The number of amides is 1. The number of carbonyl (C=O) groups excluding carboxylic acids is 2. The largest absolute Gasteiger partial charge is 0.490 e. The maximum Gasteiger partial charge on any atom is 0.362 e. The number of benzene rings is 1. The Bertz CT molecular complexity index is 1130. The highest BCUT2D eigenvalue weighted by atomic mass is 19.3. The van der Waals surface area contributed by atoms with Gasteiger partial charge in [0.25, 0.3) is 12.3 Å². The molecule has 33 heavy (non-hydrogen) atoms. The SMILES string of the molecule is CC1=C(OCC(F)F)CNC(C(C)N2Cc3c(ccnc3C(=O)Oc3ccccc3)C2=O)=C1. The van der Waals surface area contributed by atoms with Crippen molar-refractivity contribution in [1.82, 2.24) is 15.2 Å². The predicted molar refractivity (Wildman–Crippen MR) is 116 cm³/mol. The molecule has 0 radical (unpaired) electrons. The maximum atomic E-state index is 13.1. The lowest BCUT2D eigenvalue weighted by Crippen LogP contribution is -2.40. The fourth-order valence-electron chi connectivity index (χ4n) is 3.83. The number of alkyl halides is 2. The van der Waals surface area contributed by atoms with E-state index in [-0.39, 0.29) is 30.7 Å². The minimum absolute atomic E-state index is 0.101. The van der Waals surface area contributed by atoms with Gasteiger partial charge in [0.15, 0.2) is 5.69 Å². The Morgan fingerprint density at radius 1 is 1.24 bits per heavy atom. The molecule has 1 amide bonds. The van der Waals surface area contributed by atoms with Gasteiger partial charge in [0.2, 0.25) is 0 Å². The Hall–Kier alpha value is -3.75. The van der Waals surface area contributed by atoms with Gasteiger partial charge >= 0.3 is 5.97 Å². The van der Waals surface area contributed by atoms with E-state index in [0.29, 0.717) is 28.2 Å². The summed E-state index contributed by atoms with van der Waals surface area (Å²) in [5, 5.41) is 3.15. The van der Waals surface area contributed by atoms with Gasteiger partial charge in [0.1, 0.15) is 18.1 Å². The molecule has 0 saturated carbocycles. The highest BCUT2D eigenvalue weighted by molar-refractivity contribution is 6.02. The van der Waals surface area contributed by atoms with Gasteiger partial charge in [0.05, 0.1) is 12.6 Å². The first-order valence-electron chi connectivity index (χ1n) is 10.5. The van der Waals surface area contributed by atoms with E-state index < -0.39 is 19.0 Å². The minimum Gasteiger partial charge on any atom is -0.490 e. The molecular formula is C24H23F2N3O4. The fraction of sp³-hybridized carbons (Fsp3) is 0.292. The third kappa shape index (κ3) is 4.72. The quantitative estimate of drug-likeness (QED) is 0.507. The number of nitrogens with zero attached hydrogens (tertiary/aromatic N) is 2. The highest BCUT2D eigenvalue weighted by Crippen LogP contribution is 2.30. The topological polar surface area (TPSA) is 80.8 Å². The molecule has 172 valence electrons. The number of halogens is 2. The van der Waals surface area contributed by atoms with Gasteiger partial charge in [-0.05, 0) is 43.7 Å². The van der Waals surface area contributed by atoms with Crippen molar-refractivity contribution in [2.45, 2.75) is 32.9 Å². The number of para-hydroxylation sites is 1. The van der Waals surface area contributed by atoms with Crippen LogP contribution in [0.25, 0.3) is 0 Å². The number of hydrogen-bond acceptors (Lipinski definition) is 6. The molecular weight excluding hydrogens is 432 g/mol. The van der Waals surface area contributed by atoms with E-state index in [0.717, 1.165) is 5.70 Å². The van der Waals surface area contributed by atoms with Crippen molar-refractivity contribution >= 4 is 11.9 Å². The summed E-state index contributed by atoms with van der Waals surface area (Å²) in [5.41, 5.74) is 2.48. The number of hydrogen-bond donors (Lipinski definition) is 1. The van der Waals surface area contributed by atoms with E-state index >= 15 is 0 Å². The van der Waals surface area contributed by atoms with Crippen molar-refractivity contribution in [3.8, 4) is 5.75 Å². The number of esters is 1. The average molecular weight is 455 g/mol. The molecule has 2 aliphatic rings. The van der Waals surface area contributed by atoms with Crippen molar-refractivity contribution in [3.63, 3.8) is 0 Å². The van der Waals surface area contributed by atoms with Crippen LogP contribution in [-0.4, -0.2) is 47.4 Å². The summed E-state index contributed by atoms with van der Waals surface area (Å²) in [6.07, 6.45) is 0.657. The second kappa shape index (κ2) is 9.40. The van der Waals surface area contributed by atoms with Crippen LogP contribution in [0.2, 0.25) is 0 Å². The third-order valence-electron chi connectivity index (χ3n) is 5.59. The van der Waals surface area contributed by atoms with Gasteiger partial charge in [0, 0.05) is 29.6 Å². The number of aromatic nitrogens is 1. The lowest BCUT2D eigenvalue weighted by Gasteiger charge is -2.30. The number of dihydropyridines is 1. The molecule has 0 bridgehead atoms. The van der Waals surface area contributed by atoms with Gasteiger partial charge in [-0.25, -0.2) is 18.6 Å². The second-order valence-electron chi connectivity index (χ2n) is 7.76. The van der Waals surface area contributed by atoms with Crippen LogP contribution in [0.3, 0.4) is 0 Å². The molecule has 3 heterocycles. The van der Waals surface area contributed by atoms with E-state index in [9.17, 15) is 18.4 Å². The molecule has 0 saturated heterocycles. The molecule has 2 aromatic rings. The van der Waals surface area contributed by atoms with Crippen LogP contribution in [0.5, 0.6) is 5.75 Å². The standard InChI is InChI=1S/C24H23F2N3O4/c1-14-10-19(28-11-20(14)32-13-21(25)26)15(2)29-12-18-17(23(29)30)8-9-27-22(18)24(31)33-16-6-4-3-5-7-16/h3-10,15,21,28H,11-13H2,1-2H3. The minimum atomic E-state index is -2.55. The number of fused-ring (bicyclic) bond motifs is 1. The monoisotopic (exact) mass is 455 g/mol. The van der Waals surface area contributed by atoms with Gasteiger partial charge in [-0.3, -0.25) is 4.79 Å². The zero-order chi connectivity index (χ0) is 23.5. The number of ether oxygens (including phenoxy) is 2. The van der Waals surface area contributed by atoms with Crippen LogP contribution in [0.1, 0.15) is 40.3 Å². The number of allylic oxidation sites excluding steroid dienone is 2. The number of pyridine rings is 1. The van der Waals surface area contributed by atoms with Gasteiger partial charge in [-0.15, -0.1) is 0 Å². The van der Waals surface area contributed by atoms with Crippen LogP contribution >= 0.6 is 0 Å². The summed E-state index contributed by atoms with van der Waals surface area (Å²) in [6, 6.07) is 9.89. The summed E-state index contributed by atoms with van der Waals surface area (Å²) in [5.74, 6) is -0.0229. The van der Waals surface area contributed by atoms with Crippen molar-refractivity contribution in [1.29, 1.82) is 0 Å². The van der Waals surface area contributed by atoms with Crippen LogP contribution in [0.4, 0.5) is 8.78 Å². The normalized spacial score (nSPS) is 16.3. The lowest BCUT2D eigenvalue weighted by atomic mass is 10.1. The molecule has 7 nitrogen and oxygen atoms in total. The number of carbonyl (C=O) groups is 2. The Balaban J connectivity index is 1.52. The Labute approximate surface area is 189 Å². The molecule has 9 heteroatoms. The third-order valence-corrected chi connectivity index (χ3v) is 5.59. The maximum absolute atomic E-state index is 13.1. The van der Waals surface area contributed by atoms with E-state index in [4.69, 9.17) is 9.47 Å². The Morgan fingerprint density at radius 3 is 2.70 bits per heavy atom. The summed E-state index contributed by atoms with van der Waals surface area (Å²) in [4.78, 5) is 31.6. The number of rotatable bonds is 7. The van der Waals surface area contributed by atoms with Crippen molar-refractivity contribution in [2.75, 3.05) is 13.2 Å². The van der Waals surface area contributed by atoms with Gasteiger partial charge in [-0.1, -0.05) is 18.2 Å². The number of nitrogens with one attached hydrogen (secondary N) is 1. The van der Waals surface area contributed by atoms with Crippen LogP contribution in [-0.2, 0) is 11.3 Å². The Morgan fingerprint density at radius 2 is 2.00 bits per heavy atom. The zero-order valence-electron chi connectivity index (χ0n) is 18.2. The van der Waals surface area contributed by atoms with E-state index in [1.165, 1.54) is 6.20 Å². The molecule has 1 aromatic heterocycles. The van der Waals surface area contributed by atoms with Crippen LogP contribution < -0.4 is 10.1 Å². The van der Waals surface area contributed by atoms with E-state index in [1.54, 1.807) is 48.2 Å². The summed E-state index contributed by atoms with van der Waals surface area (Å²) < 4.78 is 35.5. The summed E-state index contributed by atoms with van der Waals surface area (Å²) in [6.45, 7) is 3.41. The fourth-order valence-corrected chi connectivity index (χ4v) is 3.83. The zero-order valence-corrected chi connectivity index (χ0v) is 18.2. The molecule has 1 unspecified atom stereocenters. The van der Waals surface area contributed by atoms with Crippen molar-refractivity contribution < 1.29 is 27.8 Å². The summed E-state index contributed by atoms with van der Waals surface area (Å²) in [7, 11) is 0. The van der Waals surface area contributed by atoms with E-state index in [1.807, 2.05) is 13.0 Å². The first-order valence-corrected chi connectivity index (χ1v) is 10.5. The van der Waals surface area contributed by atoms with Crippen LogP contribution in [0.15, 0.2) is 65.7 Å². The lowest BCUT2D eigenvalue weighted by molar-refractivity contribution is 0.0459. The van der Waals surface area contributed by atoms with Crippen LogP contribution in [0, 0.1) is 0 Å². The predicted octanol–water partition coefficient (Wildman–Crippen LogP) is 3.69. The van der Waals surface area contributed by atoms with Gasteiger partial charge < -0.3 is 19.7 Å². The molecule has 2 aliphatic heterocycles. The van der Waals surface area contributed by atoms with Crippen molar-refractivity contribution in [3.05, 3.63) is 82.5 Å². The average Bonchev–Trinajstić information content (AvgIpc) is 3.14. The second-order valence-corrected chi connectivity index (χ2v) is 7.76. The highest BCUT2D eigenvalue weighted by Gasteiger charge is 2.36. The first-order chi connectivity index (χ1) is 15.8. The molecule has 0 aliphatic carbocycles. The molecule has 1 N–H and O–H groups in total. The van der Waals surface area contributed by atoms with Crippen molar-refractivity contribution in [2.24, 2.45) is 0 Å².